The molecule has 0 saturated carbocycles. The van der Waals surface area contributed by atoms with Crippen LogP contribution in [0.2, 0.25) is 0 Å². The van der Waals surface area contributed by atoms with E-state index in [1.807, 2.05) is 0 Å². The smallest absolute Gasteiger partial charge is 0.135 e. The van der Waals surface area contributed by atoms with E-state index in [1.54, 1.807) is 0 Å². The Morgan fingerprint density at radius 2 is 1.18 bits per heavy atom. The van der Waals surface area contributed by atoms with Crippen LogP contribution in [0.5, 0.6) is 11.5 Å². The van der Waals surface area contributed by atoms with Crippen LogP contribution >= 0.6 is 0 Å². The summed E-state index contributed by atoms with van der Waals surface area (Å²) in [5, 5.41) is 0. The number of para-hydroxylation sites is 2. The van der Waals surface area contributed by atoms with Crippen molar-refractivity contribution < 1.29 is 4.74 Å². The molecule has 4 aromatic rings. The number of hydrogen-bond donors (Lipinski definition) is 0. The summed E-state index contributed by atoms with van der Waals surface area (Å²) in [6, 6.07) is 32.9. The van der Waals surface area contributed by atoms with Crippen LogP contribution in [0.1, 0.15) is 34.7 Å². The zero-order chi connectivity index (χ0) is 18.7. The number of hydrogen-bond acceptors (Lipinski definition) is 1. The molecule has 2 aliphatic rings. The molecule has 6 rings (SSSR count). The molecule has 1 heterocycles. The van der Waals surface area contributed by atoms with Crippen LogP contribution in [0.15, 0.2) is 91.0 Å². The fourth-order valence-electron chi connectivity index (χ4n) is 5.21. The fraction of sp³-hybridized carbons (Fsp3) is 0.111. The van der Waals surface area contributed by atoms with E-state index in [2.05, 4.69) is 97.9 Å². The largest absolute Gasteiger partial charge is 0.456 e. The quantitative estimate of drug-likeness (QED) is 0.316. The van der Waals surface area contributed by atoms with Gasteiger partial charge in [-0.15, -0.1) is 0 Å². The van der Waals surface area contributed by atoms with Gasteiger partial charge in [-0.25, -0.2) is 0 Å². The van der Waals surface area contributed by atoms with Gasteiger partial charge < -0.3 is 4.74 Å². The lowest BCUT2D eigenvalue weighted by Gasteiger charge is -2.40. The number of fused-ring (bicyclic) bond motifs is 9. The Morgan fingerprint density at radius 3 is 1.86 bits per heavy atom. The van der Waals surface area contributed by atoms with Gasteiger partial charge in [-0.05, 0) is 40.3 Å². The SMILES string of the molecule is CCc1cccc2c1Oc1ccccc1C21c2ccccc2-c2ccccc21. The third-order valence-corrected chi connectivity index (χ3v) is 6.34. The van der Waals surface area contributed by atoms with E-state index in [9.17, 15) is 0 Å². The van der Waals surface area contributed by atoms with Crippen LogP contribution in [-0.2, 0) is 11.8 Å². The molecule has 0 unspecified atom stereocenters. The molecule has 1 aliphatic heterocycles. The second-order valence-electron chi connectivity index (χ2n) is 7.59. The highest BCUT2D eigenvalue weighted by atomic mass is 16.5. The molecule has 0 bridgehead atoms. The maximum absolute atomic E-state index is 6.52. The van der Waals surface area contributed by atoms with Crippen LogP contribution in [0.3, 0.4) is 0 Å². The number of aryl methyl sites for hydroxylation is 1. The zero-order valence-electron chi connectivity index (χ0n) is 15.8. The first kappa shape index (κ1) is 15.7. The van der Waals surface area contributed by atoms with Gasteiger partial charge in [-0.3, -0.25) is 0 Å². The third kappa shape index (κ3) is 1.77. The van der Waals surface area contributed by atoms with Gasteiger partial charge >= 0.3 is 0 Å². The normalized spacial score (nSPS) is 14.6. The topological polar surface area (TPSA) is 9.23 Å². The molecule has 0 N–H and O–H groups in total. The van der Waals surface area contributed by atoms with Gasteiger partial charge in [0.15, 0.2) is 0 Å². The number of benzene rings is 4. The van der Waals surface area contributed by atoms with Gasteiger partial charge in [0.1, 0.15) is 11.5 Å². The Hall–Kier alpha value is -3.32. The molecule has 4 aromatic carbocycles. The van der Waals surface area contributed by atoms with Crippen molar-refractivity contribution in [2.45, 2.75) is 18.8 Å². The summed E-state index contributed by atoms with van der Waals surface area (Å²) >= 11 is 0. The standard InChI is InChI=1S/C27H20O/c1-2-18-10-9-16-24-26(18)28-25-17-8-7-15-23(25)27(24)21-13-5-3-11-19(21)20-12-4-6-14-22(20)27/h3-17H,2H2,1H3. The first-order chi connectivity index (χ1) is 13.9. The molecule has 0 amide bonds. The summed E-state index contributed by atoms with van der Waals surface area (Å²) in [4.78, 5) is 0. The van der Waals surface area contributed by atoms with Gasteiger partial charge in [0.2, 0.25) is 0 Å². The first-order valence-electron chi connectivity index (χ1n) is 9.94. The summed E-state index contributed by atoms with van der Waals surface area (Å²) in [6.45, 7) is 2.20. The minimum absolute atomic E-state index is 0.331. The molecule has 0 atom stereocenters. The van der Waals surface area contributed by atoms with Gasteiger partial charge in [-0.1, -0.05) is 91.9 Å². The molecular formula is C27H20O. The van der Waals surface area contributed by atoms with E-state index in [-0.39, 0.29) is 5.41 Å². The van der Waals surface area contributed by atoms with Crippen LogP contribution in [-0.4, -0.2) is 0 Å². The van der Waals surface area contributed by atoms with Gasteiger partial charge in [0.05, 0.1) is 5.41 Å². The molecule has 0 radical (unpaired) electrons. The summed E-state index contributed by atoms with van der Waals surface area (Å²) in [5.41, 5.74) is 8.75. The van der Waals surface area contributed by atoms with Crippen LogP contribution in [0, 0.1) is 0 Å². The lowest BCUT2D eigenvalue weighted by Crippen LogP contribution is -2.32. The molecule has 1 spiro atoms. The monoisotopic (exact) mass is 360 g/mol. The van der Waals surface area contributed by atoms with E-state index in [0.29, 0.717) is 0 Å². The lowest BCUT2D eigenvalue weighted by molar-refractivity contribution is 0.431. The van der Waals surface area contributed by atoms with Crippen molar-refractivity contribution in [2.75, 3.05) is 0 Å². The van der Waals surface area contributed by atoms with Gasteiger partial charge in [0.25, 0.3) is 0 Å². The van der Waals surface area contributed by atoms with E-state index in [0.717, 1.165) is 17.9 Å². The van der Waals surface area contributed by atoms with Crippen molar-refractivity contribution in [3.8, 4) is 22.6 Å². The highest BCUT2D eigenvalue weighted by molar-refractivity contribution is 5.88. The molecular weight excluding hydrogens is 340 g/mol. The summed E-state index contributed by atoms with van der Waals surface area (Å²) < 4.78 is 6.52. The molecule has 0 aromatic heterocycles. The Labute approximate surface area is 165 Å². The fourth-order valence-corrected chi connectivity index (χ4v) is 5.21. The molecule has 28 heavy (non-hydrogen) atoms. The Kier molecular flexibility index (Phi) is 3.14. The zero-order valence-corrected chi connectivity index (χ0v) is 15.8. The predicted molar refractivity (Wildman–Crippen MR) is 113 cm³/mol. The highest BCUT2D eigenvalue weighted by Gasteiger charge is 2.51. The summed E-state index contributed by atoms with van der Waals surface area (Å²) in [5.74, 6) is 1.98. The van der Waals surface area contributed by atoms with Crippen LogP contribution in [0.25, 0.3) is 11.1 Å². The molecule has 0 saturated heterocycles. The second kappa shape index (κ2) is 5.59. The maximum atomic E-state index is 6.52. The van der Waals surface area contributed by atoms with Crippen molar-refractivity contribution in [3.05, 3.63) is 119 Å². The van der Waals surface area contributed by atoms with Crippen LogP contribution in [0.4, 0.5) is 0 Å². The second-order valence-corrected chi connectivity index (χ2v) is 7.59. The van der Waals surface area contributed by atoms with E-state index < -0.39 is 0 Å². The van der Waals surface area contributed by atoms with Crippen LogP contribution < -0.4 is 4.74 Å². The summed E-state index contributed by atoms with van der Waals surface area (Å²) in [6.07, 6.45) is 0.949. The van der Waals surface area contributed by atoms with Crippen molar-refractivity contribution in [1.82, 2.24) is 0 Å². The number of rotatable bonds is 1. The Morgan fingerprint density at radius 1 is 0.607 bits per heavy atom. The van der Waals surface area contributed by atoms with Crippen molar-refractivity contribution in [2.24, 2.45) is 0 Å². The van der Waals surface area contributed by atoms with E-state index >= 15 is 0 Å². The molecule has 1 aliphatic carbocycles. The van der Waals surface area contributed by atoms with E-state index in [4.69, 9.17) is 4.74 Å². The summed E-state index contributed by atoms with van der Waals surface area (Å²) in [7, 11) is 0. The van der Waals surface area contributed by atoms with Crippen molar-refractivity contribution >= 4 is 0 Å². The number of ether oxygens (including phenoxy) is 1. The third-order valence-electron chi connectivity index (χ3n) is 6.34. The predicted octanol–water partition coefficient (Wildman–Crippen LogP) is 6.72. The minimum atomic E-state index is -0.331. The molecule has 1 heteroatoms. The Bertz CT molecular complexity index is 1190. The van der Waals surface area contributed by atoms with Gasteiger partial charge in [-0.2, -0.15) is 0 Å². The molecule has 134 valence electrons. The lowest BCUT2D eigenvalue weighted by atomic mass is 9.66. The Balaban J connectivity index is 1.85. The average Bonchev–Trinajstić information content (AvgIpc) is 3.05. The minimum Gasteiger partial charge on any atom is -0.456 e. The highest BCUT2D eigenvalue weighted by Crippen LogP contribution is 2.62. The molecule has 0 fully saturated rings. The van der Waals surface area contributed by atoms with Crippen molar-refractivity contribution in [1.29, 1.82) is 0 Å². The average molecular weight is 360 g/mol. The first-order valence-corrected chi connectivity index (χ1v) is 9.94. The maximum Gasteiger partial charge on any atom is 0.135 e. The molecule has 1 nitrogen and oxygen atoms in total. The van der Waals surface area contributed by atoms with Gasteiger partial charge in [0, 0.05) is 11.1 Å². The van der Waals surface area contributed by atoms with E-state index in [1.165, 1.54) is 38.9 Å². The van der Waals surface area contributed by atoms with Crippen molar-refractivity contribution in [3.63, 3.8) is 0 Å².